The number of nitrogens with zero attached hydrogens (tertiary/aromatic N) is 1. The summed E-state index contributed by atoms with van der Waals surface area (Å²) in [6.45, 7) is 4.04. The predicted octanol–water partition coefficient (Wildman–Crippen LogP) is 2.83. The Hall–Kier alpha value is -2.95. The Morgan fingerprint density at radius 2 is 1.83 bits per heavy atom. The van der Waals surface area contributed by atoms with Crippen molar-refractivity contribution in [2.45, 2.75) is 20.3 Å². The summed E-state index contributed by atoms with van der Waals surface area (Å²) in [5, 5.41) is 9.45. The third-order valence-electron chi connectivity index (χ3n) is 3.66. The van der Waals surface area contributed by atoms with Gasteiger partial charge in [-0.3, -0.25) is 4.79 Å². The predicted molar refractivity (Wildman–Crippen MR) is 88.0 cm³/mol. The Labute approximate surface area is 132 Å². The fourth-order valence-corrected chi connectivity index (χ4v) is 2.77. The molecular weight excluding hydrogens is 292 g/mol. The lowest BCUT2D eigenvalue weighted by Crippen LogP contribution is -2.13. The maximum absolute atomic E-state index is 12.2. The SMILES string of the molecule is Cc1cc(C)cc(Cc2nc3cc(C(=O)O)ccc3c(=O)[nH]2)c1. The number of carboxylic acid groups (broad SMARTS) is 1. The van der Waals surface area contributed by atoms with Crippen LogP contribution in [0.3, 0.4) is 0 Å². The van der Waals surface area contributed by atoms with Crippen LogP contribution in [0.1, 0.15) is 32.9 Å². The van der Waals surface area contributed by atoms with Crippen molar-refractivity contribution in [3.8, 4) is 0 Å². The third kappa shape index (κ3) is 3.13. The van der Waals surface area contributed by atoms with Gasteiger partial charge in [0.15, 0.2) is 0 Å². The van der Waals surface area contributed by atoms with Gasteiger partial charge in [-0.1, -0.05) is 29.3 Å². The van der Waals surface area contributed by atoms with E-state index in [0.717, 1.165) is 16.7 Å². The van der Waals surface area contributed by atoms with E-state index in [1.165, 1.54) is 18.2 Å². The molecule has 0 spiro atoms. The average Bonchev–Trinajstić information content (AvgIpc) is 2.45. The Morgan fingerprint density at radius 3 is 2.48 bits per heavy atom. The van der Waals surface area contributed by atoms with E-state index < -0.39 is 5.97 Å². The molecule has 0 saturated carbocycles. The van der Waals surface area contributed by atoms with Gasteiger partial charge in [-0.15, -0.1) is 0 Å². The fourth-order valence-electron chi connectivity index (χ4n) is 2.77. The second-order valence-corrected chi connectivity index (χ2v) is 5.72. The molecule has 3 rings (SSSR count). The molecule has 0 amide bonds. The average molecular weight is 308 g/mol. The Balaban J connectivity index is 2.07. The number of carbonyl (C=O) groups is 1. The molecule has 2 aromatic carbocycles. The number of rotatable bonds is 3. The van der Waals surface area contributed by atoms with Gasteiger partial charge in [-0.05, 0) is 37.6 Å². The number of fused-ring (bicyclic) bond motifs is 1. The molecule has 2 N–H and O–H groups in total. The van der Waals surface area contributed by atoms with E-state index in [-0.39, 0.29) is 11.1 Å². The van der Waals surface area contributed by atoms with E-state index in [4.69, 9.17) is 5.11 Å². The summed E-state index contributed by atoms with van der Waals surface area (Å²) in [5.74, 6) is -0.514. The molecule has 1 aromatic heterocycles. The molecule has 0 atom stereocenters. The fraction of sp³-hybridized carbons (Fsp3) is 0.167. The molecule has 5 heteroatoms. The lowest BCUT2D eigenvalue weighted by molar-refractivity contribution is 0.0697. The molecule has 0 radical (unpaired) electrons. The zero-order valence-corrected chi connectivity index (χ0v) is 12.9. The van der Waals surface area contributed by atoms with Crippen LogP contribution in [0.25, 0.3) is 10.9 Å². The number of H-pyrrole nitrogens is 1. The van der Waals surface area contributed by atoms with Crippen molar-refractivity contribution in [2.75, 3.05) is 0 Å². The summed E-state index contributed by atoms with van der Waals surface area (Å²) in [7, 11) is 0. The second-order valence-electron chi connectivity index (χ2n) is 5.72. The standard InChI is InChI=1S/C18H16N2O3/c1-10-5-11(2)7-12(6-10)8-16-19-15-9-13(18(22)23)3-4-14(15)17(21)20-16/h3-7,9H,8H2,1-2H3,(H,22,23)(H,19,20,21). The largest absolute Gasteiger partial charge is 0.478 e. The zero-order valence-electron chi connectivity index (χ0n) is 12.9. The highest BCUT2D eigenvalue weighted by Gasteiger charge is 2.09. The second kappa shape index (κ2) is 5.68. The third-order valence-corrected chi connectivity index (χ3v) is 3.66. The molecule has 5 nitrogen and oxygen atoms in total. The number of aryl methyl sites for hydroxylation is 2. The molecule has 0 aliphatic carbocycles. The first-order valence-corrected chi connectivity index (χ1v) is 7.26. The van der Waals surface area contributed by atoms with Crippen LogP contribution in [0.15, 0.2) is 41.2 Å². The van der Waals surface area contributed by atoms with E-state index in [9.17, 15) is 9.59 Å². The summed E-state index contributed by atoms with van der Waals surface area (Å²) in [5.41, 5.74) is 3.61. The maximum atomic E-state index is 12.2. The molecule has 23 heavy (non-hydrogen) atoms. The van der Waals surface area contributed by atoms with Gasteiger partial charge in [-0.25, -0.2) is 9.78 Å². The number of aromatic nitrogens is 2. The lowest BCUT2D eigenvalue weighted by Gasteiger charge is -2.06. The number of aromatic carboxylic acids is 1. The van der Waals surface area contributed by atoms with E-state index in [0.29, 0.717) is 23.1 Å². The Kier molecular flexibility index (Phi) is 3.70. The molecule has 0 unspecified atom stereocenters. The molecule has 116 valence electrons. The van der Waals surface area contributed by atoms with Crippen LogP contribution in [-0.4, -0.2) is 21.0 Å². The highest BCUT2D eigenvalue weighted by atomic mass is 16.4. The number of hydrogen-bond acceptors (Lipinski definition) is 3. The van der Waals surface area contributed by atoms with Crippen LogP contribution in [0.2, 0.25) is 0 Å². The molecule has 0 bridgehead atoms. The van der Waals surface area contributed by atoms with Gasteiger partial charge < -0.3 is 10.1 Å². The number of hydrogen-bond donors (Lipinski definition) is 2. The number of nitrogens with one attached hydrogen (secondary N) is 1. The summed E-state index contributed by atoms with van der Waals surface area (Å²) >= 11 is 0. The van der Waals surface area contributed by atoms with E-state index in [1.54, 1.807) is 0 Å². The minimum absolute atomic E-state index is 0.118. The van der Waals surface area contributed by atoms with Gasteiger partial charge in [0.25, 0.3) is 5.56 Å². The first-order valence-electron chi connectivity index (χ1n) is 7.26. The van der Waals surface area contributed by atoms with Crippen LogP contribution in [0.5, 0.6) is 0 Å². The monoisotopic (exact) mass is 308 g/mol. The molecule has 0 fully saturated rings. The van der Waals surface area contributed by atoms with Crippen molar-refractivity contribution in [1.29, 1.82) is 0 Å². The molecular formula is C18H16N2O3. The summed E-state index contributed by atoms with van der Waals surface area (Å²) in [6, 6.07) is 10.5. The van der Waals surface area contributed by atoms with Gasteiger partial charge in [-0.2, -0.15) is 0 Å². The first kappa shape index (κ1) is 15.0. The number of carboxylic acids is 1. The summed E-state index contributed by atoms with van der Waals surface area (Å²) in [6.07, 6.45) is 0.491. The van der Waals surface area contributed by atoms with Gasteiger partial charge in [0.05, 0.1) is 16.5 Å². The maximum Gasteiger partial charge on any atom is 0.335 e. The number of benzene rings is 2. The number of aromatic amines is 1. The zero-order chi connectivity index (χ0) is 16.6. The summed E-state index contributed by atoms with van der Waals surface area (Å²) < 4.78 is 0. The van der Waals surface area contributed by atoms with Crippen LogP contribution in [0, 0.1) is 13.8 Å². The van der Waals surface area contributed by atoms with Gasteiger partial charge in [0.2, 0.25) is 0 Å². The van der Waals surface area contributed by atoms with Gasteiger partial charge in [0, 0.05) is 6.42 Å². The lowest BCUT2D eigenvalue weighted by atomic mass is 10.0. The van der Waals surface area contributed by atoms with Crippen LogP contribution >= 0.6 is 0 Å². The van der Waals surface area contributed by atoms with E-state index >= 15 is 0 Å². The molecule has 0 saturated heterocycles. The van der Waals surface area contributed by atoms with Crippen LogP contribution in [-0.2, 0) is 6.42 Å². The molecule has 1 heterocycles. The topological polar surface area (TPSA) is 83.0 Å². The molecule has 0 aliphatic heterocycles. The Morgan fingerprint density at radius 1 is 1.13 bits per heavy atom. The van der Waals surface area contributed by atoms with Crippen molar-refractivity contribution < 1.29 is 9.90 Å². The minimum atomic E-state index is -1.04. The quantitative estimate of drug-likeness (QED) is 0.779. The van der Waals surface area contributed by atoms with Crippen molar-refractivity contribution in [3.05, 3.63) is 74.8 Å². The molecule has 3 aromatic rings. The Bertz CT molecular complexity index is 953. The van der Waals surface area contributed by atoms with Crippen molar-refractivity contribution in [2.24, 2.45) is 0 Å². The van der Waals surface area contributed by atoms with Gasteiger partial charge in [0.1, 0.15) is 5.82 Å². The van der Waals surface area contributed by atoms with Crippen molar-refractivity contribution in [3.63, 3.8) is 0 Å². The van der Waals surface area contributed by atoms with Gasteiger partial charge >= 0.3 is 5.97 Å². The van der Waals surface area contributed by atoms with E-state index in [2.05, 4.69) is 16.0 Å². The minimum Gasteiger partial charge on any atom is -0.478 e. The smallest absolute Gasteiger partial charge is 0.335 e. The van der Waals surface area contributed by atoms with Crippen molar-refractivity contribution >= 4 is 16.9 Å². The summed E-state index contributed by atoms with van der Waals surface area (Å²) in [4.78, 5) is 30.4. The highest BCUT2D eigenvalue weighted by molar-refractivity contribution is 5.92. The molecule has 0 aliphatic rings. The van der Waals surface area contributed by atoms with Crippen molar-refractivity contribution in [1.82, 2.24) is 9.97 Å². The first-order chi connectivity index (χ1) is 10.9. The van der Waals surface area contributed by atoms with Crippen LogP contribution in [0.4, 0.5) is 0 Å². The normalized spacial score (nSPS) is 10.9. The van der Waals surface area contributed by atoms with E-state index in [1.807, 2.05) is 26.0 Å². The van der Waals surface area contributed by atoms with Crippen LogP contribution < -0.4 is 5.56 Å². The highest BCUT2D eigenvalue weighted by Crippen LogP contribution is 2.14.